The molecule has 6 nitrogen and oxygen atoms in total. The van der Waals surface area contributed by atoms with Gasteiger partial charge in [-0.2, -0.15) is 0 Å². The van der Waals surface area contributed by atoms with Gasteiger partial charge >= 0.3 is 0 Å². The number of hydrogen-bond acceptors (Lipinski definition) is 4. The number of fused-ring (bicyclic) bond motifs is 1. The van der Waals surface area contributed by atoms with Crippen LogP contribution in [0, 0.1) is 11.8 Å². The predicted molar refractivity (Wildman–Crippen MR) is 123 cm³/mol. The molecule has 1 aromatic rings. The second kappa shape index (κ2) is 9.29. The third-order valence-corrected chi connectivity index (χ3v) is 7.94. The van der Waals surface area contributed by atoms with E-state index >= 15 is 0 Å². The van der Waals surface area contributed by atoms with Gasteiger partial charge in [0.1, 0.15) is 0 Å². The topological polar surface area (TPSA) is 69.9 Å². The summed E-state index contributed by atoms with van der Waals surface area (Å²) in [5, 5.41) is 1.09. The molecule has 170 valence electrons. The molecule has 1 atom stereocenters. The number of rotatable bonds is 5. The van der Waals surface area contributed by atoms with E-state index < -0.39 is 5.92 Å². The number of anilines is 1. The lowest BCUT2D eigenvalue weighted by Gasteiger charge is -2.43. The number of nitrogens with zero attached hydrogens (tertiary/aromatic N) is 3. The number of para-hydroxylation sites is 1. The second-order valence-electron chi connectivity index (χ2n) is 10.1. The van der Waals surface area contributed by atoms with Gasteiger partial charge in [0, 0.05) is 44.3 Å². The SMILES string of the molecule is CC(C)C1CCC(N2CCC(N3C(=O)C(CC(=O)N(C)N)c4ccccc43)CC2)CC1. The largest absolute Gasteiger partial charge is 0.308 e. The molecule has 1 unspecified atom stereocenters. The first-order valence-electron chi connectivity index (χ1n) is 12.0. The van der Waals surface area contributed by atoms with Crippen molar-refractivity contribution in [1.29, 1.82) is 0 Å². The van der Waals surface area contributed by atoms with E-state index in [0.29, 0.717) is 6.04 Å². The van der Waals surface area contributed by atoms with Crippen molar-refractivity contribution in [2.75, 3.05) is 25.0 Å². The van der Waals surface area contributed by atoms with Crippen LogP contribution >= 0.6 is 0 Å². The highest BCUT2D eigenvalue weighted by molar-refractivity contribution is 6.07. The van der Waals surface area contributed by atoms with Crippen molar-refractivity contribution in [3.8, 4) is 0 Å². The lowest BCUT2D eigenvalue weighted by Crippen LogP contribution is -2.50. The number of hydrazine groups is 1. The monoisotopic (exact) mass is 426 g/mol. The van der Waals surface area contributed by atoms with Gasteiger partial charge in [-0.3, -0.25) is 14.6 Å². The third kappa shape index (κ3) is 4.51. The van der Waals surface area contributed by atoms with E-state index in [2.05, 4.69) is 18.7 Å². The van der Waals surface area contributed by atoms with E-state index in [9.17, 15) is 9.59 Å². The molecule has 0 spiro atoms. The molecule has 1 aliphatic carbocycles. The van der Waals surface area contributed by atoms with Gasteiger partial charge in [-0.25, -0.2) is 5.84 Å². The Kier molecular flexibility index (Phi) is 6.68. The van der Waals surface area contributed by atoms with Gasteiger partial charge in [0.2, 0.25) is 11.8 Å². The Bertz CT molecular complexity index is 792. The number of likely N-dealkylation sites (tertiary alicyclic amines) is 1. The Balaban J connectivity index is 1.40. The van der Waals surface area contributed by atoms with Crippen molar-refractivity contribution < 1.29 is 9.59 Å². The number of carbonyl (C=O) groups is 2. The summed E-state index contributed by atoms with van der Waals surface area (Å²) in [6.45, 7) is 6.83. The molecule has 31 heavy (non-hydrogen) atoms. The van der Waals surface area contributed by atoms with Gasteiger partial charge in [0.25, 0.3) is 0 Å². The number of piperidine rings is 1. The Morgan fingerprint density at radius 2 is 1.71 bits per heavy atom. The van der Waals surface area contributed by atoms with E-state index in [0.717, 1.165) is 54.0 Å². The fraction of sp³-hybridized carbons (Fsp3) is 0.680. The van der Waals surface area contributed by atoms with Gasteiger partial charge in [-0.05, 0) is 62.0 Å². The summed E-state index contributed by atoms with van der Waals surface area (Å²) in [6.07, 6.45) is 7.48. The van der Waals surface area contributed by atoms with Crippen LogP contribution in [0.1, 0.15) is 70.3 Å². The van der Waals surface area contributed by atoms with Crippen molar-refractivity contribution in [1.82, 2.24) is 9.91 Å². The molecule has 4 rings (SSSR count). The fourth-order valence-electron chi connectivity index (χ4n) is 5.96. The van der Waals surface area contributed by atoms with Gasteiger partial charge in [0.15, 0.2) is 0 Å². The number of amides is 2. The molecule has 2 N–H and O–H groups in total. The standard InChI is InChI=1S/C25H38N4O2/c1-17(2)18-8-10-19(11-9-18)28-14-12-20(13-15-28)29-23-7-5-4-6-21(23)22(25(29)31)16-24(30)27(3)26/h4-7,17-20,22H,8-16,26H2,1-3H3. The minimum atomic E-state index is -0.418. The van der Waals surface area contributed by atoms with Crippen LogP contribution in [-0.2, 0) is 9.59 Å². The predicted octanol–water partition coefficient (Wildman–Crippen LogP) is 3.52. The highest BCUT2D eigenvalue weighted by Gasteiger charge is 2.43. The van der Waals surface area contributed by atoms with Gasteiger partial charge < -0.3 is 9.80 Å². The number of hydrogen-bond donors (Lipinski definition) is 1. The van der Waals surface area contributed by atoms with Crippen LogP contribution in [-0.4, -0.2) is 53.9 Å². The second-order valence-corrected chi connectivity index (χ2v) is 10.1. The Morgan fingerprint density at radius 1 is 1.06 bits per heavy atom. The average Bonchev–Trinajstić information content (AvgIpc) is 3.05. The van der Waals surface area contributed by atoms with Crippen LogP contribution in [0.25, 0.3) is 0 Å². The molecule has 1 saturated carbocycles. The van der Waals surface area contributed by atoms with Crippen LogP contribution in [0.2, 0.25) is 0 Å². The molecular formula is C25H38N4O2. The quantitative estimate of drug-likeness (QED) is 0.444. The summed E-state index contributed by atoms with van der Waals surface area (Å²) in [6, 6.07) is 8.89. The van der Waals surface area contributed by atoms with Crippen molar-refractivity contribution >= 4 is 17.5 Å². The Hall–Kier alpha value is -1.92. The molecular weight excluding hydrogens is 388 g/mol. The van der Waals surface area contributed by atoms with E-state index in [1.54, 1.807) is 0 Å². The van der Waals surface area contributed by atoms with Crippen molar-refractivity contribution in [3.63, 3.8) is 0 Å². The maximum atomic E-state index is 13.4. The summed E-state index contributed by atoms with van der Waals surface area (Å²) >= 11 is 0. The Labute approximate surface area is 186 Å². The maximum absolute atomic E-state index is 13.4. The third-order valence-electron chi connectivity index (χ3n) is 7.94. The van der Waals surface area contributed by atoms with Crippen molar-refractivity contribution in [2.24, 2.45) is 17.7 Å². The minimum Gasteiger partial charge on any atom is -0.308 e. The van der Waals surface area contributed by atoms with E-state index in [-0.39, 0.29) is 24.3 Å². The summed E-state index contributed by atoms with van der Waals surface area (Å²) in [4.78, 5) is 30.3. The summed E-state index contributed by atoms with van der Waals surface area (Å²) < 4.78 is 0. The first-order valence-corrected chi connectivity index (χ1v) is 12.0. The molecule has 6 heteroatoms. The molecule has 2 fully saturated rings. The minimum absolute atomic E-state index is 0.0623. The Morgan fingerprint density at radius 3 is 2.32 bits per heavy atom. The van der Waals surface area contributed by atoms with Crippen LogP contribution in [0.5, 0.6) is 0 Å². The first-order chi connectivity index (χ1) is 14.9. The van der Waals surface area contributed by atoms with Crippen molar-refractivity contribution in [3.05, 3.63) is 29.8 Å². The van der Waals surface area contributed by atoms with E-state index in [4.69, 9.17) is 5.84 Å². The molecule has 0 aromatic heterocycles. The highest BCUT2D eigenvalue weighted by atomic mass is 16.2. The molecule has 0 bridgehead atoms. The van der Waals surface area contributed by atoms with E-state index in [1.807, 2.05) is 29.2 Å². The highest BCUT2D eigenvalue weighted by Crippen LogP contribution is 2.42. The van der Waals surface area contributed by atoms with Crippen molar-refractivity contribution in [2.45, 2.75) is 76.8 Å². The average molecular weight is 427 g/mol. The molecule has 0 radical (unpaired) electrons. The van der Waals surface area contributed by atoms with Gasteiger partial charge in [-0.1, -0.05) is 32.0 Å². The van der Waals surface area contributed by atoms with Crippen LogP contribution < -0.4 is 10.7 Å². The molecule has 2 heterocycles. The number of nitrogens with two attached hydrogens (primary N) is 1. The first kappa shape index (κ1) is 22.3. The molecule has 3 aliphatic rings. The van der Waals surface area contributed by atoms with E-state index in [1.165, 1.54) is 32.7 Å². The molecule has 2 aliphatic heterocycles. The van der Waals surface area contributed by atoms with Crippen LogP contribution in [0.3, 0.4) is 0 Å². The van der Waals surface area contributed by atoms with Crippen LogP contribution in [0.4, 0.5) is 5.69 Å². The zero-order chi connectivity index (χ0) is 22.1. The molecule has 1 aromatic carbocycles. The number of benzene rings is 1. The van der Waals surface area contributed by atoms with Gasteiger partial charge in [0.05, 0.1) is 5.92 Å². The lowest BCUT2D eigenvalue weighted by atomic mass is 9.79. The summed E-state index contributed by atoms with van der Waals surface area (Å²) in [7, 11) is 1.54. The smallest absolute Gasteiger partial charge is 0.237 e. The summed E-state index contributed by atoms with van der Waals surface area (Å²) in [5.41, 5.74) is 1.96. The lowest BCUT2D eigenvalue weighted by molar-refractivity contribution is -0.133. The van der Waals surface area contributed by atoms with Gasteiger partial charge in [-0.15, -0.1) is 0 Å². The zero-order valence-electron chi connectivity index (χ0n) is 19.3. The summed E-state index contributed by atoms with van der Waals surface area (Å²) in [5.74, 6) is 6.75. The zero-order valence-corrected chi connectivity index (χ0v) is 19.3. The molecule has 2 amide bonds. The molecule has 1 saturated heterocycles. The normalized spacial score (nSPS) is 27.6. The maximum Gasteiger partial charge on any atom is 0.237 e. The number of carbonyl (C=O) groups excluding carboxylic acids is 2. The fourth-order valence-corrected chi connectivity index (χ4v) is 5.96. The van der Waals surface area contributed by atoms with Crippen LogP contribution in [0.15, 0.2) is 24.3 Å².